The number of hydrogen-bond acceptors (Lipinski definition) is 4. The molecule has 0 unspecified atom stereocenters. The number of aromatic nitrogens is 3. The highest BCUT2D eigenvalue weighted by molar-refractivity contribution is 7.89. The third-order valence-electron chi connectivity index (χ3n) is 5.12. The summed E-state index contributed by atoms with van der Waals surface area (Å²) in [7, 11) is -4.10. The number of piperidine rings is 1. The molecule has 0 aliphatic carbocycles. The number of halogens is 2. The molecule has 4 rings (SSSR count). The van der Waals surface area contributed by atoms with Crippen molar-refractivity contribution < 1.29 is 17.2 Å². The minimum Gasteiger partial charge on any atom is -0.314 e. The van der Waals surface area contributed by atoms with Crippen LogP contribution in [0, 0.1) is 11.6 Å². The fraction of sp³-hybridized carbons (Fsp3) is 0.529. The highest BCUT2D eigenvalue weighted by Crippen LogP contribution is 2.36. The van der Waals surface area contributed by atoms with E-state index in [0.717, 1.165) is 50.2 Å². The molecular weight excluding hydrogens is 362 g/mol. The van der Waals surface area contributed by atoms with Gasteiger partial charge in [0.1, 0.15) is 22.4 Å². The van der Waals surface area contributed by atoms with Gasteiger partial charge in [0, 0.05) is 25.6 Å². The van der Waals surface area contributed by atoms with Gasteiger partial charge in [-0.1, -0.05) is 6.42 Å². The number of sulfonamides is 1. The molecule has 1 fully saturated rings. The van der Waals surface area contributed by atoms with Gasteiger partial charge < -0.3 is 4.57 Å². The lowest BCUT2D eigenvalue weighted by atomic mass is 10.0. The van der Waals surface area contributed by atoms with Gasteiger partial charge in [-0.05, 0) is 37.8 Å². The van der Waals surface area contributed by atoms with E-state index >= 15 is 0 Å². The van der Waals surface area contributed by atoms with Gasteiger partial charge in [-0.15, -0.1) is 10.2 Å². The first-order chi connectivity index (χ1) is 12.5. The van der Waals surface area contributed by atoms with Crippen molar-refractivity contribution in [2.75, 3.05) is 6.54 Å². The molecule has 0 N–H and O–H groups in total. The summed E-state index contributed by atoms with van der Waals surface area (Å²) in [6.45, 7) is 1.05. The SMILES string of the molecule is O=S(=O)(c1ccc(F)cc1F)N1CCCC[C@H]1c1nnc2n1CCCC2. The van der Waals surface area contributed by atoms with Gasteiger partial charge in [-0.2, -0.15) is 4.31 Å². The Kier molecular flexibility index (Phi) is 4.52. The van der Waals surface area contributed by atoms with E-state index in [2.05, 4.69) is 10.2 Å². The van der Waals surface area contributed by atoms with Gasteiger partial charge in [0.05, 0.1) is 6.04 Å². The zero-order valence-corrected chi connectivity index (χ0v) is 15.1. The van der Waals surface area contributed by atoms with Crippen molar-refractivity contribution >= 4 is 10.0 Å². The van der Waals surface area contributed by atoms with Crippen LogP contribution < -0.4 is 0 Å². The van der Waals surface area contributed by atoms with Crippen LogP contribution in [-0.2, 0) is 23.0 Å². The zero-order chi connectivity index (χ0) is 18.3. The van der Waals surface area contributed by atoms with Crippen molar-refractivity contribution in [2.24, 2.45) is 0 Å². The molecule has 1 aromatic heterocycles. The summed E-state index contributed by atoms with van der Waals surface area (Å²) in [5, 5.41) is 8.49. The van der Waals surface area contributed by atoms with Crippen LogP contribution in [0.5, 0.6) is 0 Å². The number of benzene rings is 1. The summed E-state index contributed by atoms with van der Waals surface area (Å²) in [6.07, 6.45) is 5.05. The van der Waals surface area contributed by atoms with Crippen molar-refractivity contribution in [1.82, 2.24) is 19.1 Å². The first-order valence-electron chi connectivity index (χ1n) is 8.87. The fourth-order valence-electron chi connectivity index (χ4n) is 3.84. The number of nitrogens with zero attached hydrogens (tertiary/aromatic N) is 4. The third-order valence-corrected chi connectivity index (χ3v) is 7.06. The summed E-state index contributed by atoms with van der Waals surface area (Å²) in [5.74, 6) is -0.367. The Morgan fingerprint density at radius 3 is 2.65 bits per heavy atom. The number of fused-ring (bicyclic) bond motifs is 1. The largest absolute Gasteiger partial charge is 0.314 e. The maximum Gasteiger partial charge on any atom is 0.246 e. The molecule has 1 aromatic carbocycles. The molecule has 0 bridgehead atoms. The molecule has 1 saturated heterocycles. The summed E-state index contributed by atoms with van der Waals surface area (Å²) in [5.41, 5.74) is 0. The first-order valence-corrected chi connectivity index (χ1v) is 10.3. The fourth-order valence-corrected chi connectivity index (χ4v) is 5.54. The third kappa shape index (κ3) is 2.92. The lowest BCUT2D eigenvalue weighted by Gasteiger charge is -2.34. The number of hydrogen-bond donors (Lipinski definition) is 0. The second-order valence-electron chi connectivity index (χ2n) is 6.79. The second kappa shape index (κ2) is 6.70. The summed E-state index contributed by atoms with van der Waals surface area (Å²) in [4.78, 5) is -0.496. The highest BCUT2D eigenvalue weighted by atomic mass is 32.2. The van der Waals surface area contributed by atoms with Crippen LogP contribution in [0.3, 0.4) is 0 Å². The zero-order valence-electron chi connectivity index (χ0n) is 14.2. The van der Waals surface area contributed by atoms with Crippen molar-refractivity contribution in [3.05, 3.63) is 41.5 Å². The van der Waals surface area contributed by atoms with E-state index in [-0.39, 0.29) is 6.54 Å². The Balaban J connectivity index is 1.75. The van der Waals surface area contributed by atoms with E-state index in [0.29, 0.717) is 24.7 Å². The molecule has 9 heteroatoms. The minimum atomic E-state index is -4.10. The Labute approximate surface area is 150 Å². The first kappa shape index (κ1) is 17.5. The molecule has 0 spiro atoms. The standard InChI is InChI=1S/C17H20F2N4O2S/c18-12-7-8-15(13(19)11-12)26(24,25)23-10-4-1-5-14(23)17-21-20-16-6-2-3-9-22(16)17/h7-8,11,14H,1-6,9-10H2/t14-/m0/s1. The monoisotopic (exact) mass is 382 g/mol. The molecule has 1 atom stereocenters. The van der Waals surface area contributed by atoms with Crippen LogP contribution in [0.4, 0.5) is 8.78 Å². The van der Waals surface area contributed by atoms with Crippen LogP contribution >= 0.6 is 0 Å². The van der Waals surface area contributed by atoms with E-state index in [1.807, 2.05) is 4.57 Å². The predicted molar refractivity (Wildman–Crippen MR) is 89.8 cm³/mol. The molecule has 26 heavy (non-hydrogen) atoms. The van der Waals surface area contributed by atoms with Crippen LogP contribution in [0.1, 0.15) is 49.8 Å². The van der Waals surface area contributed by atoms with Crippen molar-refractivity contribution in [3.8, 4) is 0 Å². The molecule has 2 aromatic rings. The molecule has 0 radical (unpaired) electrons. The van der Waals surface area contributed by atoms with Gasteiger partial charge in [0.2, 0.25) is 10.0 Å². The van der Waals surface area contributed by atoms with E-state index in [9.17, 15) is 17.2 Å². The van der Waals surface area contributed by atoms with Crippen molar-refractivity contribution in [1.29, 1.82) is 0 Å². The Bertz CT molecular complexity index is 929. The van der Waals surface area contributed by atoms with Crippen molar-refractivity contribution in [2.45, 2.75) is 56.0 Å². The second-order valence-corrected chi connectivity index (χ2v) is 8.64. The van der Waals surface area contributed by atoms with Crippen LogP contribution in [0.2, 0.25) is 0 Å². The lowest BCUT2D eigenvalue weighted by Crippen LogP contribution is -2.40. The lowest BCUT2D eigenvalue weighted by molar-refractivity contribution is 0.238. The summed E-state index contributed by atoms with van der Waals surface area (Å²) in [6, 6.07) is 2.08. The number of rotatable bonds is 3. The Hall–Kier alpha value is -1.87. The average molecular weight is 382 g/mol. The van der Waals surface area contributed by atoms with Crippen molar-refractivity contribution in [3.63, 3.8) is 0 Å². The van der Waals surface area contributed by atoms with Gasteiger partial charge in [0.15, 0.2) is 5.82 Å². The molecule has 6 nitrogen and oxygen atoms in total. The molecule has 140 valence electrons. The normalized spacial score (nSPS) is 21.5. The van der Waals surface area contributed by atoms with Gasteiger partial charge in [0.25, 0.3) is 0 Å². The topological polar surface area (TPSA) is 68.1 Å². The molecular formula is C17H20F2N4O2S. The maximum absolute atomic E-state index is 14.2. The average Bonchev–Trinajstić information content (AvgIpc) is 3.05. The Morgan fingerprint density at radius 1 is 1.04 bits per heavy atom. The molecule has 0 amide bonds. The van der Waals surface area contributed by atoms with Crippen LogP contribution in [0.15, 0.2) is 23.1 Å². The van der Waals surface area contributed by atoms with Gasteiger partial charge >= 0.3 is 0 Å². The van der Waals surface area contributed by atoms with E-state index < -0.39 is 32.6 Å². The maximum atomic E-state index is 14.2. The van der Waals surface area contributed by atoms with E-state index in [1.165, 1.54) is 4.31 Å². The molecule has 0 saturated carbocycles. The van der Waals surface area contributed by atoms with Crippen LogP contribution in [0.25, 0.3) is 0 Å². The highest BCUT2D eigenvalue weighted by Gasteiger charge is 2.39. The van der Waals surface area contributed by atoms with Gasteiger partial charge in [-0.25, -0.2) is 17.2 Å². The van der Waals surface area contributed by atoms with E-state index in [1.54, 1.807) is 0 Å². The molecule has 3 heterocycles. The van der Waals surface area contributed by atoms with Gasteiger partial charge in [-0.3, -0.25) is 0 Å². The quantitative estimate of drug-likeness (QED) is 0.819. The smallest absolute Gasteiger partial charge is 0.246 e. The summed E-state index contributed by atoms with van der Waals surface area (Å²) < 4.78 is 56.9. The molecule has 2 aliphatic heterocycles. The molecule has 2 aliphatic rings. The van der Waals surface area contributed by atoms with E-state index in [4.69, 9.17) is 0 Å². The van der Waals surface area contributed by atoms with Crippen LogP contribution in [-0.4, -0.2) is 34.0 Å². The minimum absolute atomic E-state index is 0.284. The number of aryl methyl sites for hydroxylation is 1. The summed E-state index contributed by atoms with van der Waals surface area (Å²) >= 11 is 0. The predicted octanol–water partition coefficient (Wildman–Crippen LogP) is 2.81. The Morgan fingerprint density at radius 2 is 1.85 bits per heavy atom.